The van der Waals surface area contributed by atoms with E-state index < -0.39 is 6.10 Å². The average Bonchev–Trinajstić information content (AvgIpc) is 3.14. The molecule has 0 radical (unpaired) electrons. The van der Waals surface area contributed by atoms with E-state index in [4.69, 9.17) is 0 Å². The number of hydrogen-bond donors (Lipinski definition) is 2. The molecule has 25 heavy (non-hydrogen) atoms. The molecule has 134 valence electrons. The lowest BCUT2D eigenvalue weighted by atomic mass is 10.1. The minimum Gasteiger partial charge on any atom is -0.389 e. The normalized spacial score (nSPS) is 23.1. The zero-order valence-electron chi connectivity index (χ0n) is 14.7. The number of aryl methyl sites for hydroxylation is 1. The summed E-state index contributed by atoms with van der Waals surface area (Å²) in [6, 6.07) is 3.63. The molecular weight excluding hydrogens is 318 g/mol. The lowest BCUT2D eigenvalue weighted by Gasteiger charge is -2.23. The summed E-state index contributed by atoms with van der Waals surface area (Å²) in [7, 11) is 1.90. The van der Waals surface area contributed by atoms with Gasteiger partial charge in [-0.25, -0.2) is 4.98 Å². The van der Waals surface area contributed by atoms with E-state index in [0.29, 0.717) is 6.54 Å². The van der Waals surface area contributed by atoms with Gasteiger partial charge in [0.2, 0.25) is 5.91 Å². The maximum atomic E-state index is 12.3. The molecule has 1 saturated carbocycles. The summed E-state index contributed by atoms with van der Waals surface area (Å²) < 4.78 is 1.99. The topological polar surface area (TPSA) is 83.3 Å². The molecule has 0 spiro atoms. The molecule has 1 aliphatic carbocycles. The Hall–Kier alpha value is -2.25. The number of pyridine rings is 1. The van der Waals surface area contributed by atoms with Gasteiger partial charge in [0.25, 0.3) is 0 Å². The molecule has 0 saturated heterocycles. The van der Waals surface area contributed by atoms with Crippen molar-refractivity contribution in [3.8, 4) is 0 Å². The van der Waals surface area contributed by atoms with Gasteiger partial charge in [-0.1, -0.05) is 6.07 Å². The van der Waals surface area contributed by atoms with Crippen molar-refractivity contribution in [2.75, 3.05) is 13.6 Å². The third-order valence-electron chi connectivity index (χ3n) is 4.73. The van der Waals surface area contributed by atoms with Crippen LogP contribution in [0.4, 0.5) is 0 Å². The molecular formula is C18H25N5O2. The number of carbonyl (C=O) groups is 1. The molecule has 2 N–H and O–H groups in total. The van der Waals surface area contributed by atoms with Crippen LogP contribution in [0.5, 0.6) is 0 Å². The number of nitrogens with one attached hydrogen (secondary N) is 1. The SMILES string of the molecule is Cc1nccn1[C@@H]1CC[C@@H](NC(=O)CN(C)Cc2cccnc2)[C@H]1O. The monoisotopic (exact) mass is 343 g/mol. The molecule has 0 bridgehead atoms. The Morgan fingerprint density at radius 2 is 2.28 bits per heavy atom. The van der Waals surface area contributed by atoms with Gasteiger partial charge in [-0.05, 0) is 38.4 Å². The number of rotatable bonds is 6. The summed E-state index contributed by atoms with van der Waals surface area (Å²) >= 11 is 0. The van der Waals surface area contributed by atoms with Crippen LogP contribution in [0.3, 0.4) is 0 Å². The van der Waals surface area contributed by atoms with Crippen molar-refractivity contribution in [3.63, 3.8) is 0 Å². The second-order valence-corrected chi connectivity index (χ2v) is 6.72. The maximum Gasteiger partial charge on any atom is 0.234 e. The quantitative estimate of drug-likeness (QED) is 0.814. The Balaban J connectivity index is 1.50. The lowest BCUT2D eigenvalue weighted by molar-refractivity contribution is -0.123. The number of carbonyl (C=O) groups excluding carboxylic acids is 1. The fourth-order valence-electron chi connectivity index (χ4n) is 3.52. The van der Waals surface area contributed by atoms with Crippen LogP contribution in [-0.4, -0.2) is 56.2 Å². The van der Waals surface area contributed by atoms with Crippen molar-refractivity contribution in [1.82, 2.24) is 24.8 Å². The average molecular weight is 343 g/mol. The summed E-state index contributed by atoms with van der Waals surface area (Å²) in [5.74, 6) is 0.811. The molecule has 3 atom stereocenters. The number of likely N-dealkylation sites (N-methyl/N-ethyl adjacent to an activating group) is 1. The highest BCUT2D eigenvalue weighted by Gasteiger charge is 2.37. The number of aromatic nitrogens is 3. The molecule has 1 fully saturated rings. The number of imidazole rings is 1. The highest BCUT2D eigenvalue weighted by molar-refractivity contribution is 5.78. The van der Waals surface area contributed by atoms with Crippen LogP contribution in [-0.2, 0) is 11.3 Å². The Morgan fingerprint density at radius 3 is 2.96 bits per heavy atom. The van der Waals surface area contributed by atoms with E-state index in [1.165, 1.54) is 0 Å². The summed E-state index contributed by atoms with van der Waals surface area (Å²) in [6.45, 7) is 2.87. The van der Waals surface area contributed by atoms with E-state index in [2.05, 4.69) is 15.3 Å². The minimum absolute atomic E-state index is 0.0269. The zero-order chi connectivity index (χ0) is 17.8. The van der Waals surface area contributed by atoms with Crippen LogP contribution in [0.25, 0.3) is 0 Å². The van der Waals surface area contributed by atoms with E-state index in [1.54, 1.807) is 18.6 Å². The number of hydrogen-bond acceptors (Lipinski definition) is 5. The molecule has 2 aromatic heterocycles. The zero-order valence-corrected chi connectivity index (χ0v) is 14.7. The van der Waals surface area contributed by atoms with Crippen LogP contribution in [0, 0.1) is 6.92 Å². The number of aliphatic hydroxyl groups is 1. The first-order valence-electron chi connectivity index (χ1n) is 8.59. The minimum atomic E-state index is -0.597. The van der Waals surface area contributed by atoms with E-state index >= 15 is 0 Å². The lowest BCUT2D eigenvalue weighted by Crippen LogP contribution is -2.45. The molecule has 1 aliphatic rings. The van der Waals surface area contributed by atoms with Crippen molar-refractivity contribution < 1.29 is 9.90 Å². The molecule has 3 rings (SSSR count). The van der Waals surface area contributed by atoms with E-state index in [9.17, 15) is 9.90 Å². The Kier molecular flexibility index (Phi) is 5.45. The van der Waals surface area contributed by atoms with Gasteiger partial charge in [0.1, 0.15) is 5.82 Å². The van der Waals surface area contributed by atoms with Gasteiger partial charge in [0.05, 0.1) is 24.7 Å². The Labute approximate surface area is 147 Å². The van der Waals surface area contributed by atoms with Gasteiger partial charge < -0.3 is 15.0 Å². The number of aliphatic hydroxyl groups excluding tert-OH is 1. The van der Waals surface area contributed by atoms with Crippen molar-refractivity contribution in [3.05, 3.63) is 48.3 Å². The molecule has 0 unspecified atom stereocenters. The third kappa shape index (κ3) is 4.24. The number of amides is 1. The molecule has 2 aromatic rings. The van der Waals surface area contributed by atoms with Gasteiger partial charge in [0, 0.05) is 31.3 Å². The summed E-state index contributed by atoms with van der Waals surface area (Å²) in [5, 5.41) is 13.6. The molecule has 1 amide bonds. The van der Waals surface area contributed by atoms with Crippen molar-refractivity contribution in [2.45, 2.75) is 44.5 Å². The first-order chi connectivity index (χ1) is 12.0. The molecule has 0 aromatic carbocycles. The van der Waals surface area contributed by atoms with Gasteiger partial charge in [-0.2, -0.15) is 0 Å². The Bertz CT molecular complexity index is 703. The molecule has 2 heterocycles. The van der Waals surface area contributed by atoms with Crippen molar-refractivity contribution in [1.29, 1.82) is 0 Å². The van der Waals surface area contributed by atoms with Crippen molar-refractivity contribution >= 4 is 5.91 Å². The van der Waals surface area contributed by atoms with Gasteiger partial charge >= 0.3 is 0 Å². The highest BCUT2D eigenvalue weighted by Crippen LogP contribution is 2.31. The number of nitrogens with zero attached hydrogens (tertiary/aromatic N) is 4. The molecule has 7 heteroatoms. The predicted molar refractivity (Wildman–Crippen MR) is 93.7 cm³/mol. The van der Waals surface area contributed by atoms with Crippen LogP contribution in [0.2, 0.25) is 0 Å². The standard InChI is InChI=1S/C18H25N5O2/c1-13-20-8-9-23(13)16-6-5-15(18(16)25)21-17(24)12-22(2)11-14-4-3-7-19-10-14/h3-4,7-10,15-16,18,25H,5-6,11-12H2,1-2H3,(H,21,24)/t15-,16-,18-/m1/s1. The van der Waals surface area contributed by atoms with Crippen LogP contribution >= 0.6 is 0 Å². The third-order valence-corrected chi connectivity index (χ3v) is 4.73. The second-order valence-electron chi connectivity index (χ2n) is 6.72. The first-order valence-corrected chi connectivity index (χ1v) is 8.59. The fourth-order valence-corrected chi connectivity index (χ4v) is 3.52. The summed E-state index contributed by atoms with van der Waals surface area (Å²) in [5.41, 5.74) is 1.06. The van der Waals surface area contributed by atoms with Crippen molar-refractivity contribution in [2.24, 2.45) is 0 Å². The molecule has 0 aliphatic heterocycles. The van der Waals surface area contributed by atoms with E-state index in [0.717, 1.165) is 24.2 Å². The molecule has 7 nitrogen and oxygen atoms in total. The highest BCUT2D eigenvalue weighted by atomic mass is 16.3. The second kappa shape index (κ2) is 7.76. The van der Waals surface area contributed by atoms with E-state index in [1.807, 2.05) is 41.8 Å². The van der Waals surface area contributed by atoms with Crippen LogP contribution < -0.4 is 5.32 Å². The fraction of sp³-hybridized carbons (Fsp3) is 0.500. The van der Waals surface area contributed by atoms with Gasteiger partial charge in [-0.3, -0.25) is 14.7 Å². The van der Waals surface area contributed by atoms with Crippen LogP contribution in [0.1, 0.15) is 30.3 Å². The van der Waals surface area contributed by atoms with Crippen LogP contribution in [0.15, 0.2) is 36.9 Å². The Morgan fingerprint density at radius 1 is 1.44 bits per heavy atom. The summed E-state index contributed by atoms with van der Waals surface area (Å²) in [4.78, 5) is 22.5. The predicted octanol–water partition coefficient (Wildman–Crippen LogP) is 0.899. The van der Waals surface area contributed by atoms with Gasteiger partial charge in [0.15, 0.2) is 0 Å². The smallest absolute Gasteiger partial charge is 0.234 e. The largest absolute Gasteiger partial charge is 0.389 e. The van der Waals surface area contributed by atoms with E-state index in [-0.39, 0.29) is 24.5 Å². The maximum absolute atomic E-state index is 12.3. The van der Waals surface area contributed by atoms with Gasteiger partial charge in [-0.15, -0.1) is 0 Å². The first kappa shape index (κ1) is 17.6. The summed E-state index contributed by atoms with van der Waals surface area (Å²) in [6.07, 6.45) is 8.15.